The summed E-state index contributed by atoms with van der Waals surface area (Å²) in [5.74, 6) is -1.46. The summed E-state index contributed by atoms with van der Waals surface area (Å²) in [5, 5.41) is 8.18. The van der Waals surface area contributed by atoms with Crippen LogP contribution in [0, 0.1) is 11.6 Å². The van der Waals surface area contributed by atoms with Gasteiger partial charge in [-0.15, -0.1) is 5.10 Å². The SMILES string of the molecule is Nc1nnc(C2(c3ccccc3)CCN(CCC3(c4ccc(F)c(F)c4)CN(C(=O)c4ccccc4)CCO3)CC2)o1. The Balaban J connectivity index is 1.23. The van der Waals surface area contributed by atoms with Gasteiger partial charge in [0.05, 0.1) is 18.6 Å². The number of nitrogen functional groups attached to an aromatic ring is 1. The van der Waals surface area contributed by atoms with E-state index in [1.165, 1.54) is 6.07 Å². The van der Waals surface area contributed by atoms with E-state index in [4.69, 9.17) is 14.9 Å². The molecule has 42 heavy (non-hydrogen) atoms. The number of benzene rings is 3. The topological polar surface area (TPSA) is 97.7 Å². The van der Waals surface area contributed by atoms with Gasteiger partial charge in [0.2, 0.25) is 5.89 Å². The molecule has 0 bridgehead atoms. The first-order valence-electron chi connectivity index (χ1n) is 14.2. The average Bonchev–Trinajstić information content (AvgIpc) is 3.49. The van der Waals surface area contributed by atoms with E-state index < -0.39 is 22.7 Å². The van der Waals surface area contributed by atoms with Gasteiger partial charge < -0.3 is 24.7 Å². The molecule has 8 nitrogen and oxygen atoms in total. The molecule has 1 aromatic heterocycles. The summed E-state index contributed by atoms with van der Waals surface area (Å²) in [5.41, 5.74) is 6.53. The molecule has 218 valence electrons. The van der Waals surface area contributed by atoms with Crippen LogP contribution in [0.3, 0.4) is 0 Å². The number of ether oxygens (including phenoxy) is 1. The number of anilines is 1. The standard InChI is InChI=1S/C32H33F2N5O3/c33-26-12-11-25(21-27(26)34)32(22-39(19-20-41-32)28(40)23-7-3-1-4-8-23)15-18-38-16-13-31(14-17-38,24-9-5-2-6-10-24)29-36-37-30(35)42-29/h1-12,21H,13-20,22H2,(H2,35,37). The number of nitrogens with two attached hydrogens (primary N) is 1. The van der Waals surface area contributed by atoms with Gasteiger partial charge in [-0.25, -0.2) is 8.78 Å². The van der Waals surface area contributed by atoms with Gasteiger partial charge in [-0.3, -0.25) is 4.79 Å². The second-order valence-electron chi connectivity index (χ2n) is 11.0. The molecule has 2 N–H and O–H groups in total. The highest BCUT2D eigenvalue weighted by Crippen LogP contribution is 2.42. The molecular formula is C32H33F2N5O3. The van der Waals surface area contributed by atoms with Crippen molar-refractivity contribution in [1.29, 1.82) is 0 Å². The molecule has 2 aliphatic heterocycles. The van der Waals surface area contributed by atoms with Crippen LogP contribution in [0.25, 0.3) is 0 Å². The lowest BCUT2D eigenvalue weighted by Gasteiger charge is -2.45. The molecule has 2 fully saturated rings. The summed E-state index contributed by atoms with van der Waals surface area (Å²) >= 11 is 0. The van der Waals surface area contributed by atoms with Crippen molar-refractivity contribution in [3.63, 3.8) is 0 Å². The Bertz CT molecular complexity index is 1530. The minimum Gasteiger partial charge on any atom is -0.407 e. The van der Waals surface area contributed by atoms with Crippen molar-refractivity contribution in [3.05, 3.63) is 113 Å². The number of hydrogen-bond donors (Lipinski definition) is 1. The number of nitrogens with zero attached hydrogens (tertiary/aromatic N) is 4. The first kappa shape index (κ1) is 28.0. The van der Waals surface area contributed by atoms with E-state index in [1.54, 1.807) is 23.1 Å². The van der Waals surface area contributed by atoms with Gasteiger partial charge in [-0.1, -0.05) is 59.7 Å². The number of likely N-dealkylation sites (tertiary alicyclic amines) is 1. The summed E-state index contributed by atoms with van der Waals surface area (Å²) in [6.45, 7) is 3.02. The number of morpholine rings is 1. The van der Waals surface area contributed by atoms with Gasteiger partial charge >= 0.3 is 6.01 Å². The van der Waals surface area contributed by atoms with Crippen molar-refractivity contribution in [2.75, 3.05) is 45.1 Å². The maximum Gasteiger partial charge on any atom is 0.312 e. The second kappa shape index (κ2) is 11.6. The molecule has 2 aliphatic rings. The fourth-order valence-electron chi connectivity index (χ4n) is 6.28. The molecule has 2 saturated heterocycles. The maximum atomic E-state index is 14.5. The van der Waals surface area contributed by atoms with Crippen molar-refractivity contribution in [2.24, 2.45) is 0 Å². The number of carbonyl (C=O) groups excluding carboxylic acids is 1. The maximum absolute atomic E-state index is 14.5. The molecule has 0 radical (unpaired) electrons. The normalized spacial score (nSPS) is 20.9. The predicted octanol–water partition coefficient (Wildman–Crippen LogP) is 4.77. The third kappa shape index (κ3) is 5.39. The summed E-state index contributed by atoms with van der Waals surface area (Å²) in [4.78, 5) is 17.5. The average molecular weight is 574 g/mol. The van der Waals surface area contributed by atoms with Crippen LogP contribution >= 0.6 is 0 Å². The molecule has 10 heteroatoms. The van der Waals surface area contributed by atoms with E-state index >= 15 is 0 Å². The monoisotopic (exact) mass is 573 g/mol. The minimum absolute atomic E-state index is 0.0419. The van der Waals surface area contributed by atoms with Gasteiger partial charge in [0, 0.05) is 18.7 Å². The van der Waals surface area contributed by atoms with Gasteiger partial charge in [-0.2, -0.15) is 0 Å². The molecule has 0 saturated carbocycles. The smallest absolute Gasteiger partial charge is 0.312 e. The molecular weight excluding hydrogens is 540 g/mol. The van der Waals surface area contributed by atoms with Gasteiger partial charge in [0.15, 0.2) is 11.6 Å². The number of hydrogen-bond acceptors (Lipinski definition) is 7. The summed E-state index contributed by atoms with van der Waals surface area (Å²) < 4.78 is 40.5. The Morgan fingerprint density at radius 2 is 1.60 bits per heavy atom. The van der Waals surface area contributed by atoms with Gasteiger partial charge in [0.1, 0.15) is 5.60 Å². The summed E-state index contributed by atoms with van der Waals surface area (Å²) in [7, 11) is 0. The number of rotatable bonds is 7. The highest BCUT2D eigenvalue weighted by molar-refractivity contribution is 5.94. The number of piperidine rings is 1. The van der Waals surface area contributed by atoms with Crippen LogP contribution < -0.4 is 5.73 Å². The Kier molecular flexibility index (Phi) is 7.74. The molecule has 6 rings (SSSR count). The van der Waals surface area contributed by atoms with Crippen molar-refractivity contribution in [1.82, 2.24) is 20.0 Å². The van der Waals surface area contributed by atoms with Crippen LogP contribution in [-0.4, -0.2) is 65.2 Å². The summed E-state index contributed by atoms with van der Waals surface area (Å²) in [6, 6.07) is 23.1. The van der Waals surface area contributed by atoms with Crippen LogP contribution in [0.4, 0.5) is 14.8 Å². The van der Waals surface area contributed by atoms with Crippen molar-refractivity contribution in [3.8, 4) is 0 Å². The van der Waals surface area contributed by atoms with Crippen molar-refractivity contribution < 1.29 is 22.7 Å². The number of carbonyl (C=O) groups is 1. The van der Waals surface area contributed by atoms with Crippen LogP contribution in [0.15, 0.2) is 83.3 Å². The molecule has 4 aromatic rings. The van der Waals surface area contributed by atoms with E-state index in [0.717, 1.165) is 37.6 Å². The molecule has 0 aliphatic carbocycles. The van der Waals surface area contributed by atoms with E-state index in [9.17, 15) is 13.6 Å². The lowest BCUT2D eigenvalue weighted by atomic mass is 9.72. The van der Waals surface area contributed by atoms with Gasteiger partial charge in [-0.05, 0) is 67.7 Å². The Labute approximate surface area is 243 Å². The number of aromatic nitrogens is 2. The zero-order valence-corrected chi connectivity index (χ0v) is 23.2. The molecule has 1 unspecified atom stereocenters. The highest BCUT2D eigenvalue weighted by atomic mass is 19.2. The summed E-state index contributed by atoms with van der Waals surface area (Å²) in [6.07, 6.45) is 1.95. The Morgan fingerprint density at radius 3 is 2.26 bits per heavy atom. The largest absolute Gasteiger partial charge is 0.407 e. The van der Waals surface area contributed by atoms with Crippen LogP contribution in [-0.2, 0) is 15.8 Å². The number of amides is 1. The van der Waals surface area contributed by atoms with Crippen LogP contribution in [0.2, 0.25) is 0 Å². The Morgan fingerprint density at radius 1 is 0.881 bits per heavy atom. The number of halogens is 2. The second-order valence-corrected chi connectivity index (χ2v) is 11.0. The lowest BCUT2D eigenvalue weighted by Crippen LogP contribution is -2.53. The van der Waals surface area contributed by atoms with E-state index in [2.05, 4.69) is 27.2 Å². The third-order valence-electron chi connectivity index (χ3n) is 8.66. The highest BCUT2D eigenvalue weighted by Gasteiger charge is 2.44. The van der Waals surface area contributed by atoms with Crippen molar-refractivity contribution in [2.45, 2.75) is 30.3 Å². The fourth-order valence-corrected chi connectivity index (χ4v) is 6.28. The molecule has 3 aromatic carbocycles. The van der Waals surface area contributed by atoms with Crippen LogP contribution in [0.5, 0.6) is 0 Å². The lowest BCUT2D eigenvalue weighted by molar-refractivity contribution is -0.114. The quantitative estimate of drug-likeness (QED) is 0.340. The Hall–Kier alpha value is -4.15. The van der Waals surface area contributed by atoms with E-state index in [1.807, 2.05) is 36.4 Å². The van der Waals surface area contributed by atoms with E-state index in [0.29, 0.717) is 36.5 Å². The minimum atomic E-state index is -0.994. The molecule has 0 spiro atoms. The first-order valence-corrected chi connectivity index (χ1v) is 14.2. The predicted molar refractivity (Wildman–Crippen MR) is 153 cm³/mol. The first-order chi connectivity index (χ1) is 20.4. The molecule has 1 amide bonds. The van der Waals surface area contributed by atoms with Crippen LogP contribution in [0.1, 0.15) is 46.6 Å². The zero-order chi connectivity index (χ0) is 29.2. The van der Waals surface area contributed by atoms with Crippen molar-refractivity contribution >= 4 is 11.9 Å². The third-order valence-corrected chi connectivity index (χ3v) is 8.66. The zero-order valence-electron chi connectivity index (χ0n) is 23.2. The fraction of sp³-hybridized carbons (Fsp3) is 0.344. The van der Waals surface area contributed by atoms with E-state index in [-0.39, 0.29) is 25.1 Å². The van der Waals surface area contributed by atoms with Gasteiger partial charge in [0.25, 0.3) is 5.91 Å². The molecule has 3 heterocycles. The molecule has 1 atom stereocenters.